The molecular formula is C27H51N3O3. The Balaban J connectivity index is 2.46. The van der Waals surface area contributed by atoms with Crippen molar-refractivity contribution in [2.45, 2.75) is 118 Å². The van der Waals surface area contributed by atoms with Crippen molar-refractivity contribution in [3.63, 3.8) is 0 Å². The summed E-state index contributed by atoms with van der Waals surface area (Å²) in [5, 5.41) is 9.94. The molecule has 1 aliphatic carbocycles. The van der Waals surface area contributed by atoms with Gasteiger partial charge in [-0.25, -0.2) is 0 Å². The average Bonchev–Trinajstić information content (AvgIpc) is 3.48. The Labute approximate surface area is 202 Å². The number of likely N-dealkylation sites (N-methyl/N-ethyl adjacent to an activating group) is 1. The average molecular weight is 466 g/mol. The van der Waals surface area contributed by atoms with Gasteiger partial charge in [0.15, 0.2) is 0 Å². The molecule has 0 heterocycles. The van der Waals surface area contributed by atoms with Crippen LogP contribution in [0.25, 0.3) is 0 Å². The molecule has 0 aromatic rings. The maximum Gasteiger partial charge on any atom is 0.150 e. The second-order valence-electron chi connectivity index (χ2n) is 12.3. The highest BCUT2D eigenvalue weighted by Gasteiger charge is 2.30. The fraction of sp³-hybridized carbons (Fsp3) is 0.889. The van der Waals surface area contributed by atoms with Crippen molar-refractivity contribution in [1.29, 1.82) is 0 Å². The van der Waals surface area contributed by atoms with Crippen LogP contribution in [0.15, 0.2) is 0 Å². The van der Waals surface area contributed by atoms with Crippen LogP contribution in [0.1, 0.15) is 99.8 Å². The predicted molar refractivity (Wildman–Crippen MR) is 136 cm³/mol. The molecule has 0 amide bonds. The predicted octanol–water partition coefficient (Wildman–Crippen LogP) is 4.06. The van der Waals surface area contributed by atoms with E-state index in [1.54, 1.807) is 6.92 Å². The van der Waals surface area contributed by atoms with Gasteiger partial charge in [0.05, 0.1) is 18.1 Å². The minimum atomic E-state index is -0.196. The first kappa shape index (κ1) is 29.9. The van der Waals surface area contributed by atoms with Gasteiger partial charge < -0.3 is 16.0 Å². The second kappa shape index (κ2) is 13.7. The lowest BCUT2D eigenvalue weighted by Crippen LogP contribution is -2.45. The van der Waals surface area contributed by atoms with E-state index in [1.165, 1.54) is 12.8 Å². The Morgan fingerprint density at radius 3 is 1.79 bits per heavy atom. The summed E-state index contributed by atoms with van der Waals surface area (Å²) in [6.45, 7) is 15.7. The van der Waals surface area contributed by atoms with E-state index in [-0.39, 0.29) is 46.3 Å². The van der Waals surface area contributed by atoms with Crippen LogP contribution < -0.4 is 16.0 Å². The third kappa shape index (κ3) is 12.8. The van der Waals surface area contributed by atoms with Gasteiger partial charge in [-0.05, 0) is 69.5 Å². The van der Waals surface area contributed by atoms with Crippen LogP contribution in [0, 0.1) is 16.7 Å². The first-order chi connectivity index (χ1) is 15.2. The summed E-state index contributed by atoms with van der Waals surface area (Å²) in [6.07, 6.45) is 6.64. The summed E-state index contributed by atoms with van der Waals surface area (Å²) >= 11 is 0. The summed E-state index contributed by atoms with van der Waals surface area (Å²) in [4.78, 5) is 37.4. The molecular weight excluding hydrogens is 414 g/mol. The van der Waals surface area contributed by atoms with Crippen molar-refractivity contribution < 1.29 is 14.4 Å². The molecule has 0 aromatic heterocycles. The molecule has 0 radical (unpaired) electrons. The standard InChI is InChI=1S/C27H51N3O3/c1-19(31)21(17-20-13-14-20)29-15-9-11-23(32)22(18-26(2,3)4)30-16-10-12-24(33)25(28-8)27(5,6)7/h20-22,25,28-30H,9-18H2,1-8H3/t21-,22-,25+/m0/s1. The first-order valence-electron chi connectivity index (χ1n) is 12.9. The number of hydrogen-bond acceptors (Lipinski definition) is 6. The highest BCUT2D eigenvalue weighted by atomic mass is 16.1. The molecule has 1 fully saturated rings. The Morgan fingerprint density at radius 2 is 1.36 bits per heavy atom. The zero-order valence-corrected chi connectivity index (χ0v) is 22.6. The van der Waals surface area contributed by atoms with Crippen molar-refractivity contribution >= 4 is 17.3 Å². The third-order valence-electron chi connectivity index (χ3n) is 6.42. The van der Waals surface area contributed by atoms with Crippen LogP contribution in [-0.2, 0) is 14.4 Å². The molecule has 6 heteroatoms. The number of ketones is 3. The second-order valence-corrected chi connectivity index (χ2v) is 12.3. The first-order valence-corrected chi connectivity index (χ1v) is 12.9. The van der Waals surface area contributed by atoms with Crippen LogP contribution in [-0.4, -0.2) is 55.6 Å². The molecule has 0 aromatic carbocycles. The van der Waals surface area contributed by atoms with Gasteiger partial charge >= 0.3 is 0 Å². The monoisotopic (exact) mass is 465 g/mol. The van der Waals surface area contributed by atoms with Crippen molar-refractivity contribution in [3.05, 3.63) is 0 Å². The quantitative estimate of drug-likeness (QED) is 0.281. The number of carbonyl (C=O) groups is 3. The molecule has 1 rings (SSSR count). The fourth-order valence-corrected chi connectivity index (χ4v) is 4.47. The van der Waals surface area contributed by atoms with E-state index in [0.717, 1.165) is 25.7 Å². The molecule has 0 aliphatic heterocycles. The van der Waals surface area contributed by atoms with Crippen LogP contribution in [0.5, 0.6) is 0 Å². The van der Waals surface area contributed by atoms with Crippen molar-refractivity contribution in [1.82, 2.24) is 16.0 Å². The van der Waals surface area contributed by atoms with Crippen LogP contribution in [0.3, 0.4) is 0 Å². The number of rotatable bonds is 17. The lowest BCUT2D eigenvalue weighted by atomic mass is 9.83. The molecule has 0 unspecified atom stereocenters. The van der Waals surface area contributed by atoms with Crippen molar-refractivity contribution in [2.75, 3.05) is 20.1 Å². The highest BCUT2D eigenvalue weighted by Crippen LogP contribution is 2.33. The summed E-state index contributed by atoms with van der Waals surface area (Å²) in [5.41, 5.74) is -0.0765. The topological polar surface area (TPSA) is 87.3 Å². The molecule has 6 nitrogen and oxygen atoms in total. The zero-order chi connectivity index (χ0) is 25.2. The van der Waals surface area contributed by atoms with Gasteiger partial charge in [-0.2, -0.15) is 0 Å². The van der Waals surface area contributed by atoms with Crippen LogP contribution in [0.2, 0.25) is 0 Å². The van der Waals surface area contributed by atoms with Gasteiger partial charge in [-0.3, -0.25) is 14.4 Å². The lowest BCUT2D eigenvalue weighted by molar-refractivity contribution is -0.123. The molecule has 0 spiro atoms. The van der Waals surface area contributed by atoms with Gasteiger partial charge in [0.2, 0.25) is 0 Å². The van der Waals surface area contributed by atoms with E-state index < -0.39 is 0 Å². The van der Waals surface area contributed by atoms with E-state index in [2.05, 4.69) is 57.5 Å². The van der Waals surface area contributed by atoms with Gasteiger partial charge in [-0.15, -0.1) is 0 Å². The van der Waals surface area contributed by atoms with E-state index in [9.17, 15) is 14.4 Å². The minimum Gasteiger partial charge on any atom is -0.310 e. The van der Waals surface area contributed by atoms with Crippen LogP contribution in [0.4, 0.5) is 0 Å². The minimum absolute atomic E-state index is 0.0366. The number of nitrogens with one attached hydrogen (secondary N) is 3. The third-order valence-corrected chi connectivity index (χ3v) is 6.42. The van der Waals surface area contributed by atoms with Gasteiger partial charge in [0, 0.05) is 12.8 Å². The maximum atomic E-state index is 13.0. The van der Waals surface area contributed by atoms with Crippen LogP contribution >= 0.6 is 0 Å². The molecule has 33 heavy (non-hydrogen) atoms. The van der Waals surface area contributed by atoms with Gasteiger partial charge in [0.25, 0.3) is 0 Å². The van der Waals surface area contributed by atoms with Gasteiger partial charge in [-0.1, -0.05) is 54.4 Å². The molecule has 0 saturated heterocycles. The number of hydrogen-bond donors (Lipinski definition) is 3. The molecule has 3 N–H and O–H groups in total. The Kier molecular flexibility index (Phi) is 12.4. The van der Waals surface area contributed by atoms with E-state index >= 15 is 0 Å². The van der Waals surface area contributed by atoms with E-state index in [1.807, 2.05) is 7.05 Å². The van der Waals surface area contributed by atoms with E-state index in [4.69, 9.17) is 0 Å². The number of Topliss-reactive ketones (excluding diaryl/α,β-unsaturated/α-hetero) is 3. The summed E-state index contributed by atoms with van der Waals surface area (Å²) < 4.78 is 0. The molecule has 3 atom stereocenters. The Bertz CT molecular complexity index is 630. The normalized spacial score (nSPS) is 17.5. The van der Waals surface area contributed by atoms with Crippen molar-refractivity contribution in [3.8, 4) is 0 Å². The molecule has 1 aliphatic rings. The highest BCUT2D eigenvalue weighted by molar-refractivity contribution is 5.85. The fourth-order valence-electron chi connectivity index (χ4n) is 4.47. The Hall–Kier alpha value is -1.11. The SMILES string of the molecule is CN[C@H](C(=O)CCCN[C@@H](CC(C)(C)C)C(=O)CCCN[C@@H](CC1CC1)C(C)=O)C(C)(C)C. The van der Waals surface area contributed by atoms with Crippen molar-refractivity contribution in [2.24, 2.45) is 16.7 Å². The molecule has 192 valence electrons. The van der Waals surface area contributed by atoms with E-state index in [0.29, 0.717) is 31.8 Å². The molecule has 0 bridgehead atoms. The summed E-state index contributed by atoms with van der Waals surface area (Å²) in [7, 11) is 1.84. The number of carbonyl (C=O) groups excluding carboxylic acids is 3. The molecule has 1 saturated carbocycles. The smallest absolute Gasteiger partial charge is 0.150 e. The van der Waals surface area contributed by atoms with Gasteiger partial charge in [0.1, 0.15) is 17.3 Å². The largest absolute Gasteiger partial charge is 0.310 e. The lowest BCUT2D eigenvalue weighted by Gasteiger charge is -2.29. The maximum absolute atomic E-state index is 13.0. The zero-order valence-electron chi connectivity index (χ0n) is 22.6. The summed E-state index contributed by atoms with van der Waals surface area (Å²) in [6, 6.07) is -0.420. The summed E-state index contributed by atoms with van der Waals surface area (Å²) in [5.74, 6) is 1.35. The Morgan fingerprint density at radius 1 is 0.848 bits per heavy atom.